The monoisotopic (exact) mass is 282 g/mol. The molecule has 0 fully saturated rings. The van der Waals surface area contributed by atoms with Crippen LogP contribution in [0.4, 0.5) is 11.4 Å². The Morgan fingerprint density at radius 1 is 1.00 bits per heavy atom. The van der Waals surface area contributed by atoms with Crippen LogP contribution in [-0.4, -0.2) is 12.5 Å². The zero-order valence-electron chi connectivity index (χ0n) is 12.9. The Morgan fingerprint density at radius 2 is 1.67 bits per heavy atom. The van der Waals surface area contributed by atoms with Crippen molar-refractivity contribution in [2.24, 2.45) is 0 Å². The molecular weight excluding hydrogens is 260 g/mol. The predicted molar refractivity (Wildman–Crippen MR) is 88.8 cm³/mol. The summed E-state index contributed by atoms with van der Waals surface area (Å²) in [6.07, 6.45) is 0.446. The molecule has 0 saturated heterocycles. The number of para-hydroxylation sites is 1. The average Bonchev–Trinajstić information content (AvgIpc) is 2.39. The summed E-state index contributed by atoms with van der Waals surface area (Å²) in [6, 6.07) is 14.1. The first kappa shape index (κ1) is 15.1. The lowest BCUT2D eigenvalue weighted by Gasteiger charge is -2.10. The number of carbonyl (C=O) groups excluding carboxylic acids is 1. The van der Waals surface area contributed by atoms with Gasteiger partial charge in [-0.05, 0) is 55.7 Å². The van der Waals surface area contributed by atoms with Crippen molar-refractivity contribution in [2.75, 3.05) is 17.2 Å². The van der Waals surface area contributed by atoms with Crippen LogP contribution in [0.3, 0.4) is 0 Å². The molecule has 0 aliphatic heterocycles. The largest absolute Gasteiger partial charge is 0.384 e. The molecule has 1 amide bonds. The van der Waals surface area contributed by atoms with E-state index < -0.39 is 0 Å². The van der Waals surface area contributed by atoms with E-state index in [0.717, 1.165) is 22.5 Å². The summed E-state index contributed by atoms with van der Waals surface area (Å²) in [7, 11) is 0. The first-order valence-corrected chi connectivity index (χ1v) is 7.22. The zero-order valence-corrected chi connectivity index (χ0v) is 12.9. The number of amides is 1. The lowest BCUT2D eigenvalue weighted by molar-refractivity contribution is -0.115. The Hall–Kier alpha value is -2.29. The number of carbonyl (C=O) groups is 1. The Bertz CT molecular complexity index is 615. The van der Waals surface area contributed by atoms with Crippen LogP contribution in [0.5, 0.6) is 0 Å². The maximum absolute atomic E-state index is 12.0. The molecule has 0 aliphatic rings. The summed E-state index contributed by atoms with van der Waals surface area (Å²) in [5, 5.41) is 6.24. The van der Waals surface area contributed by atoms with Gasteiger partial charge in [0.05, 0.1) is 0 Å². The summed E-state index contributed by atoms with van der Waals surface area (Å²) in [6.45, 7) is 6.74. The Balaban J connectivity index is 1.84. The van der Waals surface area contributed by atoms with E-state index in [9.17, 15) is 4.79 Å². The molecule has 0 saturated carbocycles. The topological polar surface area (TPSA) is 41.1 Å². The van der Waals surface area contributed by atoms with Gasteiger partial charge in [0.2, 0.25) is 5.91 Å². The van der Waals surface area contributed by atoms with Gasteiger partial charge < -0.3 is 10.6 Å². The summed E-state index contributed by atoms with van der Waals surface area (Å²) in [5.74, 6) is 0.0288. The van der Waals surface area contributed by atoms with Crippen LogP contribution in [0.25, 0.3) is 0 Å². The van der Waals surface area contributed by atoms with Crippen LogP contribution < -0.4 is 10.6 Å². The second-order valence-electron chi connectivity index (χ2n) is 5.42. The van der Waals surface area contributed by atoms with Gasteiger partial charge in [0.1, 0.15) is 0 Å². The smallest absolute Gasteiger partial charge is 0.226 e. The highest BCUT2D eigenvalue weighted by molar-refractivity contribution is 5.91. The van der Waals surface area contributed by atoms with Gasteiger partial charge in [-0.3, -0.25) is 4.79 Å². The molecule has 110 valence electrons. The SMILES string of the molecule is Cc1cc(C)cc(NC(=O)CCNc2ccccc2C)c1. The summed E-state index contributed by atoms with van der Waals surface area (Å²) >= 11 is 0. The Morgan fingerprint density at radius 3 is 2.33 bits per heavy atom. The number of nitrogens with one attached hydrogen (secondary N) is 2. The second-order valence-corrected chi connectivity index (χ2v) is 5.42. The summed E-state index contributed by atoms with van der Waals surface area (Å²) < 4.78 is 0. The van der Waals surface area contributed by atoms with E-state index in [1.54, 1.807) is 0 Å². The van der Waals surface area contributed by atoms with E-state index in [1.165, 1.54) is 5.56 Å². The van der Waals surface area contributed by atoms with E-state index in [2.05, 4.69) is 29.7 Å². The standard InChI is InChI=1S/C18H22N2O/c1-13-10-14(2)12-16(11-13)20-18(21)8-9-19-17-7-5-4-6-15(17)3/h4-7,10-12,19H,8-9H2,1-3H3,(H,20,21). The fraction of sp³-hybridized carbons (Fsp3) is 0.278. The van der Waals surface area contributed by atoms with Gasteiger partial charge in [0.15, 0.2) is 0 Å². The lowest BCUT2D eigenvalue weighted by atomic mass is 10.1. The number of hydrogen-bond donors (Lipinski definition) is 2. The minimum absolute atomic E-state index is 0.0288. The highest BCUT2D eigenvalue weighted by Gasteiger charge is 2.04. The first-order chi connectivity index (χ1) is 10.0. The van der Waals surface area contributed by atoms with Crippen molar-refractivity contribution < 1.29 is 4.79 Å². The van der Waals surface area contributed by atoms with Crippen LogP contribution >= 0.6 is 0 Å². The zero-order chi connectivity index (χ0) is 15.2. The number of aryl methyl sites for hydroxylation is 3. The van der Waals surface area contributed by atoms with Crippen molar-refractivity contribution >= 4 is 17.3 Å². The van der Waals surface area contributed by atoms with Gasteiger partial charge in [-0.25, -0.2) is 0 Å². The van der Waals surface area contributed by atoms with Crippen LogP contribution in [0, 0.1) is 20.8 Å². The first-order valence-electron chi connectivity index (χ1n) is 7.22. The number of benzene rings is 2. The Kier molecular flexibility index (Phi) is 4.99. The number of anilines is 2. The summed E-state index contributed by atoms with van der Waals surface area (Å²) in [5.41, 5.74) is 5.45. The fourth-order valence-corrected chi connectivity index (χ4v) is 2.35. The van der Waals surface area contributed by atoms with Crippen molar-refractivity contribution in [2.45, 2.75) is 27.2 Å². The van der Waals surface area contributed by atoms with Crippen LogP contribution in [-0.2, 0) is 4.79 Å². The van der Waals surface area contributed by atoms with Crippen molar-refractivity contribution in [1.82, 2.24) is 0 Å². The minimum Gasteiger partial charge on any atom is -0.384 e. The molecule has 0 radical (unpaired) electrons. The third kappa shape index (κ3) is 4.63. The molecule has 0 spiro atoms. The van der Waals surface area contributed by atoms with E-state index in [1.807, 2.05) is 44.2 Å². The number of hydrogen-bond acceptors (Lipinski definition) is 2. The van der Waals surface area contributed by atoms with Gasteiger partial charge in [0, 0.05) is 24.3 Å². The molecule has 21 heavy (non-hydrogen) atoms. The molecular formula is C18H22N2O. The maximum Gasteiger partial charge on any atom is 0.226 e. The van der Waals surface area contributed by atoms with Crippen LogP contribution in [0.15, 0.2) is 42.5 Å². The maximum atomic E-state index is 12.0. The molecule has 0 bridgehead atoms. The molecule has 0 heterocycles. The molecule has 0 unspecified atom stereocenters. The van der Waals surface area contributed by atoms with Gasteiger partial charge in [-0.1, -0.05) is 24.3 Å². The highest BCUT2D eigenvalue weighted by Crippen LogP contribution is 2.15. The molecule has 2 aromatic rings. The molecule has 3 nitrogen and oxygen atoms in total. The third-order valence-corrected chi connectivity index (χ3v) is 3.32. The number of rotatable bonds is 5. The van der Waals surface area contributed by atoms with Crippen LogP contribution in [0.2, 0.25) is 0 Å². The molecule has 2 N–H and O–H groups in total. The van der Waals surface area contributed by atoms with Crippen LogP contribution in [0.1, 0.15) is 23.1 Å². The second kappa shape index (κ2) is 6.93. The summed E-state index contributed by atoms with van der Waals surface area (Å²) in [4.78, 5) is 12.0. The van der Waals surface area contributed by atoms with Crippen molar-refractivity contribution in [3.05, 3.63) is 59.2 Å². The molecule has 0 aromatic heterocycles. The fourth-order valence-electron chi connectivity index (χ4n) is 2.35. The molecule has 0 atom stereocenters. The van der Waals surface area contributed by atoms with Crippen molar-refractivity contribution in [3.8, 4) is 0 Å². The van der Waals surface area contributed by atoms with E-state index in [0.29, 0.717) is 13.0 Å². The predicted octanol–water partition coefficient (Wildman–Crippen LogP) is 4.05. The third-order valence-electron chi connectivity index (χ3n) is 3.32. The normalized spacial score (nSPS) is 10.2. The van der Waals surface area contributed by atoms with Crippen molar-refractivity contribution in [3.63, 3.8) is 0 Å². The van der Waals surface area contributed by atoms with Crippen molar-refractivity contribution in [1.29, 1.82) is 0 Å². The molecule has 2 aromatic carbocycles. The van der Waals surface area contributed by atoms with Gasteiger partial charge in [0.25, 0.3) is 0 Å². The van der Waals surface area contributed by atoms with E-state index in [4.69, 9.17) is 0 Å². The van der Waals surface area contributed by atoms with E-state index >= 15 is 0 Å². The van der Waals surface area contributed by atoms with Gasteiger partial charge in [-0.15, -0.1) is 0 Å². The molecule has 0 aliphatic carbocycles. The molecule has 3 heteroatoms. The Labute approximate surface area is 126 Å². The minimum atomic E-state index is 0.0288. The lowest BCUT2D eigenvalue weighted by Crippen LogP contribution is -2.16. The average molecular weight is 282 g/mol. The van der Waals surface area contributed by atoms with Gasteiger partial charge >= 0.3 is 0 Å². The quantitative estimate of drug-likeness (QED) is 0.868. The van der Waals surface area contributed by atoms with E-state index in [-0.39, 0.29) is 5.91 Å². The molecule has 2 rings (SSSR count). The highest BCUT2D eigenvalue weighted by atomic mass is 16.1. The van der Waals surface area contributed by atoms with Gasteiger partial charge in [-0.2, -0.15) is 0 Å².